The number of rotatable bonds is 4. The molecule has 1 atom stereocenters. The molecular formula is C17H18FN3. The molecule has 0 saturated carbocycles. The zero-order valence-corrected chi connectivity index (χ0v) is 12.0. The van der Waals surface area contributed by atoms with E-state index in [-0.39, 0.29) is 11.9 Å². The first-order valence-electron chi connectivity index (χ1n) is 7.05. The highest BCUT2D eigenvalue weighted by atomic mass is 19.1. The highest BCUT2D eigenvalue weighted by molar-refractivity contribution is 5.83. The molecule has 0 fully saturated rings. The minimum absolute atomic E-state index is 0.106. The van der Waals surface area contributed by atoms with Gasteiger partial charge in [-0.15, -0.1) is 0 Å². The number of benzene rings is 1. The maximum atomic E-state index is 13.3. The van der Waals surface area contributed by atoms with Crippen LogP contribution in [0.25, 0.3) is 10.9 Å². The normalized spacial score (nSPS) is 12.7. The van der Waals surface area contributed by atoms with Crippen LogP contribution in [0.3, 0.4) is 0 Å². The topological polar surface area (TPSA) is 43.8 Å². The van der Waals surface area contributed by atoms with E-state index >= 15 is 0 Å². The summed E-state index contributed by atoms with van der Waals surface area (Å²) in [5, 5.41) is 1.18. The maximum absolute atomic E-state index is 13.3. The van der Waals surface area contributed by atoms with E-state index in [1.807, 2.05) is 19.2 Å². The van der Waals surface area contributed by atoms with Crippen LogP contribution in [-0.2, 0) is 13.0 Å². The molecule has 0 bridgehead atoms. The van der Waals surface area contributed by atoms with E-state index in [1.54, 1.807) is 6.20 Å². The molecule has 1 unspecified atom stereocenters. The van der Waals surface area contributed by atoms with E-state index in [1.165, 1.54) is 28.7 Å². The molecule has 2 heterocycles. The predicted molar refractivity (Wildman–Crippen MR) is 82.6 cm³/mol. The summed E-state index contributed by atoms with van der Waals surface area (Å²) in [6, 6.07) is 9.94. The van der Waals surface area contributed by atoms with Crippen LogP contribution < -0.4 is 5.73 Å². The fraction of sp³-hybridized carbons (Fsp3) is 0.235. The minimum Gasteiger partial charge on any atom is -0.343 e. The van der Waals surface area contributed by atoms with E-state index in [4.69, 9.17) is 5.73 Å². The highest BCUT2D eigenvalue weighted by Crippen LogP contribution is 2.22. The van der Waals surface area contributed by atoms with Crippen molar-refractivity contribution in [3.05, 3.63) is 65.9 Å². The lowest BCUT2D eigenvalue weighted by Crippen LogP contribution is -2.18. The summed E-state index contributed by atoms with van der Waals surface area (Å²) in [4.78, 5) is 3.91. The van der Waals surface area contributed by atoms with Crippen molar-refractivity contribution in [2.24, 2.45) is 5.73 Å². The number of aromatic nitrogens is 2. The zero-order chi connectivity index (χ0) is 14.8. The van der Waals surface area contributed by atoms with Crippen molar-refractivity contribution in [1.29, 1.82) is 0 Å². The van der Waals surface area contributed by atoms with Crippen molar-refractivity contribution < 1.29 is 4.39 Å². The van der Waals surface area contributed by atoms with Crippen LogP contribution in [0.15, 0.2) is 48.9 Å². The molecule has 3 nitrogen and oxygen atoms in total. The second kappa shape index (κ2) is 5.66. The summed E-state index contributed by atoms with van der Waals surface area (Å²) in [6.07, 6.45) is 5.77. The van der Waals surface area contributed by atoms with Crippen molar-refractivity contribution in [1.82, 2.24) is 9.55 Å². The molecule has 0 aliphatic rings. The van der Waals surface area contributed by atoms with Gasteiger partial charge in [0, 0.05) is 25.0 Å². The van der Waals surface area contributed by atoms with Crippen LogP contribution in [0.5, 0.6) is 0 Å². The first kappa shape index (κ1) is 13.8. The van der Waals surface area contributed by atoms with Gasteiger partial charge in [0.05, 0.1) is 11.7 Å². The van der Waals surface area contributed by atoms with Crippen molar-refractivity contribution >= 4 is 10.9 Å². The predicted octanol–water partition coefficient (Wildman–Crippen LogP) is 3.11. The van der Waals surface area contributed by atoms with E-state index in [2.05, 4.69) is 27.8 Å². The van der Waals surface area contributed by atoms with Crippen LogP contribution in [0, 0.1) is 5.82 Å². The van der Waals surface area contributed by atoms with E-state index in [0.29, 0.717) is 6.54 Å². The lowest BCUT2D eigenvalue weighted by Gasteiger charge is -2.11. The van der Waals surface area contributed by atoms with Crippen LogP contribution in [-0.4, -0.2) is 15.6 Å². The smallest absolute Gasteiger partial charge is 0.141 e. The van der Waals surface area contributed by atoms with Gasteiger partial charge in [-0.05, 0) is 42.0 Å². The molecule has 0 spiro atoms. The van der Waals surface area contributed by atoms with Crippen molar-refractivity contribution in [3.8, 4) is 0 Å². The molecule has 4 heteroatoms. The Labute approximate surface area is 123 Å². The molecule has 0 saturated heterocycles. The second-order valence-electron chi connectivity index (χ2n) is 5.49. The van der Waals surface area contributed by atoms with Gasteiger partial charge in [-0.25, -0.2) is 4.39 Å². The third-order valence-electron chi connectivity index (χ3n) is 3.53. The summed E-state index contributed by atoms with van der Waals surface area (Å²) in [6.45, 7) is 2.60. The van der Waals surface area contributed by atoms with Gasteiger partial charge in [-0.1, -0.05) is 18.2 Å². The van der Waals surface area contributed by atoms with Gasteiger partial charge in [0.2, 0.25) is 0 Å². The van der Waals surface area contributed by atoms with Crippen LogP contribution in [0.1, 0.15) is 18.1 Å². The van der Waals surface area contributed by atoms with Gasteiger partial charge in [0.25, 0.3) is 0 Å². The molecule has 1 aromatic carbocycles. The van der Waals surface area contributed by atoms with Crippen molar-refractivity contribution in [2.45, 2.75) is 25.9 Å². The Morgan fingerprint density at radius 3 is 2.90 bits per heavy atom. The molecule has 0 amide bonds. The Balaban J connectivity index is 2.02. The molecule has 2 aromatic heterocycles. The van der Waals surface area contributed by atoms with Gasteiger partial charge in [-0.2, -0.15) is 0 Å². The first-order chi connectivity index (χ1) is 10.1. The number of nitrogens with two attached hydrogens (primary N) is 1. The Morgan fingerprint density at radius 1 is 1.29 bits per heavy atom. The number of hydrogen-bond acceptors (Lipinski definition) is 2. The maximum Gasteiger partial charge on any atom is 0.141 e. The Bertz CT molecular complexity index is 762. The third kappa shape index (κ3) is 2.95. The molecule has 2 N–H and O–H groups in total. The first-order valence-corrected chi connectivity index (χ1v) is 7.05. The summed E-state index contributed by atoms with van der Waals surface area (Å²) in [5.41, 5.74) is 9.17. The summed E-state index contributed by atoms with van der Waals surface area (Å²) in [7, 11) is 0. The molecule has 108 valence electrons. The Hall–Kier alpha value is -2.20. The fourth-order valence-electron chi connectivity index (χ4n) is 2.72. The van der Waals surface area contributed by atoms with Gasteiger partial charge in [-0.3, -0.25) is 4.98 Å². The molecular weight excluding hydrogens is 265 g/mol. The molecule has 21 heavy (non-hydrogen) atoms. The summed E-state index contributed by atoms with van der Waals surface area (Å²) >= 11 is 0. The standard InChI is InChI=1S/C17H18FN3/c1-12(19)7-15-4-2-3-14-5-6-21(17(14)15)11-13-8-16(18)10-20-9-13/h2-6,8-10,12H,7,11,19H2,1H3. The third-order valence-corrected chi connectivity index (χ3v) is 3.53. The lowest BCUT2D eigenvalue weighted by atomic mass is 10.0. The number of fused-ring (bicyclic) bond motifs is 1. The Kier molecular flexibility index (Phi) is 3.71. The average molecular weight is 283 g/mol. The van der Waals surface area contributed by atoms with E-state index in [0.717, 1.165) is 12.0 Å². The quantitative estimate of drug-likeness (QED) is 0.799. The van der Waals surface area contributed by atoms with Crippen LogP contribution in [0.4, 0.5) is 4.39 Å². The zero-order valence-electron chi connectivity index (χ0n) is 12.0. The monoisotopic (exact) mass is 283 g/mol. The van der Waals surface area contributed by atoms with Crippen LogP contribution in [0.2, 0.25) is 0 Å². The van der Waals surface area contributed by atoms with E-state index < -0.39 is 0 Å². The number of halogens is 1. The average Bonchev–Trinajstić information content (AvgIpc) is 2.82. The number of para-hydroxylation sites is 1. The molecule has 0 radical (unpaired) electrons. The van der Waals surface area contributed by atoms with Gasteiger partial charge < -0.3 is 10.3 Å². The van der Waals surface area contributed by atoms with E-state index in [9.17, 15) is 4.39 Å². The summed E-state index contributed by atoms with van der Waals surface area (Å²) in [5.74, 6) is -0.306. The highest BCUT2D eigenvalue weighted by Gasteiger charge is 2.09. The van der Waals surface area contributed by atoms with Crippen LogP contribution >= 0.6 is 0 Å². The molecule has 3 rings (SSSR count). The molecule has 3 aromatic rings. The van der Waals surface area contributed by atoms with Gasteiger partial charge in [0.1, 0.15) is 5.82 Å². The second-order valence-corrected chi connectivity index (χ2v) is 5.49. The number of hydrogen-bond donors (Lipinski definition) is 1. The van der Waals surface area contributed by atoms with Gasteiger partial charge in [0.15, 0.2) is 0 Å². The SMILES string of the molecule is CC(N)Cc1cccc2ccn(Cc3cncc(F)c3)c12. The fourth-order valence-corrected chi connectivity index (χ4v) is 2.72. The molecule has 0 aliphatic carbocycles. The summed E-state index contributed by atoms with van der Waals surface area (Å²) < 4.78 is 15.4. The molecule has 0 aliphatic heterocycles. The lowest BCUT2D eigenvalue weighted by molar-refractivity contribution is 0.616. The minimum atomic E-state index is -0.306. The number of nitrogens with zero attached hydrogens (tertiary/aromatic N) is 2. The van der Waals surface area contributed by atoms with Crippen molar-refractivity contribution in [3.63, 3.8) is 0 Å². The van der Waals surface area contributed by atoms with Gasteiger partial charge >= 0.3 is 0 Å². The van der Waals surface area contributed by atoms with Crippen molar-refractivity contribution in [2.75, 3.05) is 0 Å². The largest absolute Gasteiger partial charge is 0.343 e. The number of pyridine rings is 1. The Morgan fingerprint density at radius 2 is 2.14 bits per heavy atom.